The molecule has 1 aromatic rings. The van der Waals surface area contributed by atoms with Gasteiger partial charge in [0, 0.05) is 6.54 Å². The average Bonchev–Trinajstić information content (AvgIpc) is 2.57. The van der Waals surface area contributed by atoms with Crippen LogP contribution in [0.25, 0.3) is 0 Å². The Morgan fingerprint density at radius 1 is 1.18 bits per heavy atom. The van der Waals surface area contributed by atoms with Gasteiger partial charge in [-0.3, -0.25) is 4.79 Å². The Kier molecular flexibility index (Phi) is 3.13. The van der Waals surface area contributed by atoms with Crippen molar-refractivity contribution in [3.63, 3.8) is 0 Å². The highest BCUT2D eigenvalue weighted by molar-refractivity contribution is 6.19. The lowest BCUT2D eigenvalue weighted by Gasteiger charge is -2.16. The minimum atomic E-state index is -0.208. The van der Waals surface area contributed by atoms with E-state index in [9.17, 15) is 9.59 Å². The molecule has 2 rings (SSSR count). The molecule has 1 heterocycles. The summed E-state index contributed by atoms with van der Waals surface area (Å²) < 4.78 is 0. The smallest absolute Gasteiger partial charge is 0.315 e. The van der Waals surface area contributed by atoms with E-state index < -0.39 is 0 Å². The molecule has 0 aromatic heterocycles. The van der Waals surface area contributed by atoms with Crippen LogP contribution in [0.4, 0.5) is 10.5 Å². The van der Waals surface area contributed by atoms with E-state index in [4.69, 9.17) is 0 Å². The Morgan fingerprint density at radius 2 is 1.82 bits per heavy atom. The summed E-state index contributed by atoms with van der Waals surface area (Å²) in [5, 5.41) is 0. The van der Waals surface area contributed by atoms with Crippen molar-refractivity contribution in [2.75, 3.05) is 18.0 Å². The molecule has 0 atom stereocenters. The first-order valence-electron chi connectivity index (χ1n) is 5.82. The quantitative estimate of drug-likeness (QED) is 0.749. The summed E-state index contributed by atoms with van der Waals surface area (Å²) in [6.07, 6.45) is 0.862. The Labute approximate surface area is 101 Å². The highest BCUT2D eigenvalue weighted by Gasteiger charge is 2.36. The number of hydrogen-bond donors (Lipinski definition) is 0. The third-order valence-corrected chi connectivity index (χ3v) is 2.82. The number of anilines is 1. The molecule has 4 nitrogen and oxygen atoms in total. The predicted molar refractivity (Wildman–Crippen MR) is 65.9 cm³/mol. The number of benzene rings is 1. The minimum absolute atomic E-state index is 0.146. The van der Waals surface area contributed by atoms with Crippen molar-refractivity contribution in [1.29, 1.82) is 0 Å². The van der Waals surface area contributed by atoms with Crippen LogP contribution in [0.3, 0.4) is 0 Å². The molecular weight excluding hydrogens is 216 g/mol. The number of amides is 3. The molecule has 3 amide bonds. The van der Waals surface area contributed by atoms with E-state index in [0.717, 1.165) is 12.0 Å². The van der Waals surface area contributed by atoms with Crippen LogP contribution in [-0.4, -0.2) is 29.9 Å². The number of imide groups is 1. The Hall–Kier alpha value is -1.84. The molecule has 0 aliphatic carbocycles. The fourth-order valence-corrected chi connectivity index (χ4v) is 1.94. The molecule has 90 valence electrons. The van der Waals surface area contributed by atoms with Gasteiger partial charge in [-0.1, -0.05) is 24.6 Å². The maximum Gasteiger partial charge on any atom is 0.331 e. The Morgan fingerprint density at radius 3 is 2.41 bits per heavy atom. The molecule has 17 heavy (non-hydrogen) atoms. The van der Waals surface area contributed by atoms with Gasteiger partial charge in [0.05, 0.1) is 5.69 Å². The van der Waals surface area contributed by atoms with Crippen LogP contribution in [0.15, 0.2) is 24.3 Å². The van der Waals surface area contributed by atoms with Crippen LogP contribution < -0.4 is 4.90 Å². The van der Waals surface area contributed by atoms with Crippen molar-refractivity contribution in [1.82, 2.24) is 4.90 Å². The lowest BCUT2D eigenvalue weighted by Crippen LogP contribution is -2.33. The molecule has 1 aliphatic heterocycles. The van der Waals surface area contributed by atoms with Crippen LogP contribution in [0.1, 0.15) is 18.9 Å². The second kappa shape index (κ2) is 4.57. The number of hydrogen-bond acceptors (Lipinski definition) is 2. The fraction of sp³-hybridized carbons (Fsp3) is 0.385. The van der Waals surface area contributed by atoms with E-state index >= 15 is 0 Å². The van der Waals surface area contributed by atoms with Gasteiger partial charge < -0.3 is 4.90 Å². The number of aryl methyl sites for hydroxylation is 1. The number of rotatable bonds is 3. The van der Waals surface area contributed by atoms with E-state index in [2.05, 4.69) is 0 Å². The molecule has 0 N–H and O–H groups in total. The molecule has 4 heteroatoms. The first kappa shape index (κ1) is 11.6. The van der Waals surface area contributed by atoms with E-state index in [1.54, 1.807) is 17.0 Å². The van der Waals surface area contributed by atoms with Crippen LogP contribution >= 0.6 is 0 Å². The molecule has 0 bridgehead atoms. The third kappa shape index (κ3) is 2.16. The van der Waals surface area contributed by atoms with Crippen molar-refractivity contribution < 1.29 is 9.59 Å². The summed E-state index contributed by atoms with van der Waals surface area (Å²) in [6, 6.07) is 7.21. The zero-order chi connectivity index (χ0) is 12.4. The van der Waals surface area contributed by atoms with Crippen LogP contribution in [-0.2, 0) is 4.79 Å². The van der Waals surface area contributed by atoms with Crippen LogP contribution in [0.2, 0.25) is 0 Å². The molecule has 1 saturated heterocycles. The number of carbonyl (C=O) groups is 2. The third-order valence-electron chi connectivity index (χ3n) is 2.82. The summed E-state index contributed by atoms with van der Waals surface area (Å²) >= 11 is 0. The summed E-state index contributed by atoms with van der Waals surface area (Å²) in [7, 11) is 0. The standard InChI is InChI=1S/C13H16N2O2/c1-3-8-14-9-12(16)15(13(14)17)11-6-4-10(2)5-7-11/h4-7H,3,8-9H2,1-2H3. The van der Waals surface area contributed by atoms with Gasteiger partial charge in [0.1, 0.15) is 6.54 Å². The lowest BCUT2D eigenvalue weighted by molar-refractivity contribution is -0.116. The molecule has 0 saturated carbocycles. The van der Waals surface area contributed by atoms with Crippen molar-refractivity contribution in [3.8, 4) is 0 Å². The topological polar surface area (TPSA) is 40.6 Å². The monoisotopic (exact) mass is 232 g/mol. The van der Waals surface area contributed by atoms with Crippen molar-refractivity contribution in [3.05, 3.63) is 29.8 Å². The first-order valence-corrected chi connectivity index (χ1v) is 5.82. The van der Waals surface area contributed by atoms with E-state index in [1.165, 1.54) is 4.90 Å². The molecular formula is C13H16N2O2. The second-order valence-corrected chi connectivity index (χ2v) is 4.27. The van der Waals surface area contributed by atoms with Crippen molar-refractivity contribution in [2.24, 2.45) is 0 Å². The predicted octanol–water partition coefficient (Wildman–Crippen LogP) is 2.17. The maximum atomic E-state index is 12.0. The van der Waals surface area contributed by atoms with Crippen LogP contribution in [0.5, 0.6) is 0 Å². The van der Waals surface area contributed by atoms with Gasteiger partial charge in [-0.05, 0) is 25.5 Å². The van der Waals surface area contributed by atoms with E-state index in [-0.39, 0.29) is 18.5 Å². The first-order chi connectivity index (χ1) is 8.13. The maximum absolute atomic E-state index is 12.0. The largest absolute Gasteiger partial charge is 0.331 e. The summed E-state index contributed by atoms with van der Waals surface area (Å²) in [4.78, 5) is 26.7. The molecule has 1 fully saturated rings. The molecule has 0 radical (unpaired) electrons. The summed E-state index contributed by atoms with van der Waals surface area (Å²) in [5.74, 6) is -0.146. The number of urea groups is 1. The van der Waals surface area contributed by atoms with Crippen LogP contribution in [0, 0.1) is 6.92 Å². The number of carbonyl (C=O) groups excluding carboxylic acids is 2. The van der Waals surface area contributed by atoms with Gasteiger partial charge in [-0.15, -0.1) is 0 Å². The Bertz CT molecular complexity index is 439. The zero-order valence-corrected chi connectivity index (χ0v) is 10.1. The SMILES string of the molecule is CCCN1CC(=O)N(c2ccc(C)cc2)C1=O. The van der Waals surface area contributed by atoms with Gasteiger partial charge in [-0.25, -0.2) is 9.69 Å². The molecule has 1 aliphatic rings. The Balaban J connectivity index is 2.24. The lowest BCUT2D eigenvalue weighted by atomic mass is 10.2. The molecule has 1 aromatic carbocycles. The van der Waals surface area contributed by atoms with Gasteiger partial charge in [0.15, 0.2) is 0 Å². The highest BCUT2D eigenvalue weighted by atomic mass is 16.2. The van der Waals surface area contributed by atoms with Gasteiger partial charge in [-0.2, -0.15) is 0 Å². The van der Waals surface area contributed by atoms with Crippen molar-refractivity contribution in [2.45, 2.75) is 20.3 Å². The van der Waals surface area contributed by atoms with Gasteiger partial charge >= 0.3 is 6.03 Å². The molecule has 0 spiro atoms. The average molecular weight is 232 g/mol. The summed E-state index contributed by atoms with van der Waals surface area (Å²) in [6.45, 7) is 4.79. The second-order valence-electron chi connectivity index (χ2n) is 4.27. The molecule has 0 unspecified atom stereocenters. The van der Waals surface area contributed by atoms with Gasteiger partial charge in [0.2, 0.25) is 0 Å². The fourth-order valence-electron chi connectivity index (χ4n) is 1.94. The minimum Gasteiger partial charge on any atom is -0.315 e. The van der Waals surface area contributed by atoms with E-state index in [1.807, 2.05) is 26.0 Å². The van der Waals surface area contributed by atoms with E-state index in [0.29, 0.717) is 12.2 Å². The highest BCUT2D eigenvalue weighted by Crippen LogP contribution is 2.21. The number of nitrogens with zero attached hydrogens (tertiary/aromatic N) is 2. The van der Waals surface area contributed by atoms with Gasteiger partial charge in [0.25, 0.3) is 5.91 Å². The summed E-state index contributed by atoms with van der Waals surface area (Å²) in [5.41, 5.74) is 1.77. The normalized spacial score (nSPS) is 15.9. The van der Waals surface area contributed by atoms with Crippen molar-refractivity contribution >= 4 is 17.6 Å². The zero-order valence-electron chi connectivity index (χ0n) is 10.1.